The largest absolute Gasteiger partial charge is 0.307 e. The average Bonchev–Trinajstić information content (AvgIpc) is 3.87. The Labute approximate surface area is 244 Å². The Morgan fingerprint density at radius 1 is 0.386 bits per heavy atom. The van der Waals surface area contributed by atoms with Crippen LogP contribution in [0.3, 0.4) is 0 Å². The van der Waals surface area contributed by atoms with Gasteiger partial charge < -0.3 is 4.85 Å². The highest BCUT2D eigenvalue weighted by Crippen LogP contribution is 2.69. The molecule has 2 atom stereocenters. The topological polar surface area (TPSA) is 28.1 Å². The van der Waals surface area contributed by atoms with Crippen molar-refractivity contribution in [3.05, 3.63) is 71.1 Å². The van der Waals surface area contributed by atoms with E-state index >= 15 is 0 Å². The molecule has 0 bridgehead atoms. The van der Waals surface area contributed by atoms with Crippen LogP contribution in [0.15, 0.2) is 48.5 Å². The second-order valence-corrected chi connectivity index (χ2v) is 14.2. The monoisotopic (exact) mass is 542 g/mol. The first-order valence-electron chi connectivity index (χ1n) is 15.5. The van der Waals surface area contributed by atoms with E-state index in [1.807, 2.05) is 0 Å². The van der Waals surface area contributed by atoms with E-state index in [-0.39, 0.29) is 0 Å². The fraction of sp³-hybridized carbons (Fsp3) is 0.0476. The van der Waals surface area contributed by atoms with Gasteiger partial charge in [-0.15, -0.1) is 0 Å². The molecule has 0 aromatic heterocycles. The summed E-state index contributed by atoms with van der Waals surface area (Å²) in [6.45, 7) is 8.53. The molecule has 0 saturated carbocycles. The van der Waals surface area contributed by atoms with Gasteiger partial charge in [-0.1, -0.05) is 48.5 Å². The molecule has 1 aliphatic rings. The van der Waals surface area contributed by atoms with Gasteiger partial charge in [0.1, 0.15) is 0 Å². The number of hydrogen-bond acceptors (Lipinski definition) is 1. The zero-order valence-electron chi connectivity index (χ0n) is 22.7. The molecule has 0 aliphatic heterocycles. The number of nitrogens with zero attached hydrogens (tertiary/aromatic N) is 2. The molecule has 2 heteroatoms. The van der Waals surface area contributed by atoms with Crippen LogP contribution in [0.1, 0.15) is 23.1 Å². The fourth-order valence-corrected chi connectivity index (χ4v) is 12.3. The lowest BCUT2D eigenvalue weighted by Gasteiger charge is -2.19. The van der Waals surface area contributed by atoms with Gasteiger partial charge in [-0.25, -0.2) is 6.57 Å². The molecule has 188 valence electrons. The van der Waals surface area contributed by atoms with Crippen LogP contribution in [0, 0.1) is 17.9 Å². The van der Waals surface area contributed by atoms with Crippen molar-refractivity contribution >= 4 is 151 Å². The Kier molecular flexibility index (Phi) is 2.03. The summed E-state index contributed by atoms with van der Waals surface area (Å²) in [6, 6.07) is 21.0. The van der Waals surface area contributed by atoms with Crippen LogP contribution in [0.2, 0.25) is 0 Å². The molecule has 16 rings (SSSR count). The highest BCUT2D eigenvalue weighted by atomic mass is 14.7. The summed E-state index contributed by atoms with van der Waals surface area (Å²) in [5, 5.41) is 49.6. The highest BCUT2D eigenvalue weighted by molar-refractivity contribution is 6.69. The lowest BCUT2D eigenvalue weighted by atomic mass is 9.80. The minimum Gasteiger partial charge on any atom is -0.307 e. The Hall–Kier alpha value is -5.96. The number of hydrogen-bond donors (Lipinski definition) is 0. The zero-order valence-corrected chi connectivity index (χ0v) is 22.7. The Bertz CT molecular complexity index is 3600. The second kappa shape index (κ2) is 4.81. The molecule has 0 spiro atoms. The number of rotatable bonds is 0. The third kappa shape index (κ3) is 1.23. The summed E-state index contributed by atoms with van der Waals surface area (Å²) in [5.41, 5.74) is 2.23. The van der Waals surface area contributed by atoms with Crippen LogP contribution in [-0.4, -0.2) is 0 Å². The van der Waals surface area contributed by atoms with Gasteiger partial charge in [-0.2, -0.15) is 5.26 Å². The van der Waals surface area contributed by atoms with Gasteiger partial charge in [0, 0.05) is 5.39 Å². The molecule has 0 N–H and O–H groups in total. The van der Waals surface area contributed by atoms with Crippen molar-refractivity contribution in [3.63, 3.8) is 0 Å². The molecule has 15 aromatic rings. The molecular formula is C42H10N2. The van der Waals surface area contributed by atoms with Crippen molar-refractivity contribution in [2.75, 3.05) is 0 Å². The molecule has 15 aromatic carbocycles. The maximum atomic E-state index is 10.9. The van der Waals surface area contributed by atoms with E-state index in [0.29, 0.717) is 0 Å². The number of fused-ring (bicyclic) bond motifs is 5. The van der Waals surface area contributed by atoms with E-state index in [9.17, 15) is 5.26 Å². The predicted octanol–water partition coefficient (Wildman–Crippen LogP) is 11.7. The van der Waals surface area contributed by atoms with Gasteiger partial charge >= 0.3 is 0 Å². The third-order valence-electron chi connectivity index (χ3n) is 13.3. The first-order chi connectivity index (χ1) is 21.8. The summed E-state index contributed by atoms with van der Waals surface area (Å²) in [7, 11) is 0. The van der Waals surface area contributed by atoms with Crippen molar-refractivity contribution < 1.29 is 0 Å². The molecule has 44 heavy (non-hydrogen) atoms. The van der Waals surface area contributed by atoms with Crippen LogP contribution in [0.4, 0.5) is 0 Å². The van der Waals surface area contributed by atoms with E-state index in [1.54, 1.807) is 0 Å². The van der Waals surface area contributed by atoms with Gasteiger partial charge in [-0.05, 0) is 151 Å². The van der Waals surface area contributed by atoms with E-state index in [4.69, 9.17) is 6.57 Å². The van der Waals surface area contributed by atoms with Gasteiger partial charge in [-0.3, -0.25) is 0 Å². The van der Waals surface area contributed by atoms with Gasteiger partial charge in [0.05, 0.1) is 11.6 Å². The zero-order chi connectivity index (χ0) is 27.5. The van der Waals surface area contributed by atoms with Gasteiger partial charge in [0.2, 0.25) is 0 Å². The summed E-state index contributed by atoms with van der Waals surface area (Å²) >= 11 is 0. The van der Waals surface area contributed by atoms with Crippen molar-refractivity contribution in [1.29, 1.82) is 5.26 Å². The average molecular weight is 543 g/mol. The molecule has 0 saturated heterocycles. The summed E-state index contributed by atoms with van der Waals surface area (Å²) < 4.78 is 0. The van der Waals surface area contributed by atoms with Gasteiger partial charge in [0.25, 0.3) is 6.04 Å². The third-order valence-corrected chi connectivity index (χ3v) is 13.3. The fourth-order valence-electron chi connectivity index (χ4n) is 12.3. The minimum absolute atomic E-state index is 0.489. The van der Waals surface area contributed by atoms with E-state index in [0.717, 1.165) is 11.1 Å². The molecular weight excluding hydrogens is 532 g/mol. The molecule has 0 amide bonds. The molecule has 1 aliphatic carbocycles. The van der Waals surface area contributed by atoms with E-state index < -0.39 is 12.0 Å². The van der Waals surface area contributed by atoms with Crippen LogP contribution >= 0.6 is 0 Å². The van der Waals surface area contributed by atoms with Gasteiger partial charge in [0.15, 0.2) is 5.92 Å². The quantitative estimate of drug-likeness (QED) is 0.138. The molecule has 0 heterocycles. The Morgan fingerprint density at radius 3 is 1.02 bits per heavy atom. The lowest BCUT2D eigenvalue weighted by molar-refractivity contribution is 0.762. The summed E-state index contributed by atoms with van der Waals surface area (Å²) in [5.74, 6) is -0.489. The summed E-state index contributed by atoms with van der Waals surface area (Å²) in [4.78, 5) is 4.29. The Morgan fingerprint density at radius 2 is 0.659 bits per heavy atom. The number of nitriles is 1. The van der Waals surface area contributed by atoms with E-state index in [1.165, 1.54) is 151 Å². The van der Waals surface area contributed by atoms with Crippen molar-refractivity contribution in [3.8, 4) is 6.07 Å². The standard InChI is InChI=1S/C42H10N2/c1-44-42-19(10-43)20-17-8-6-15-13-4-2-11-12-3-5-14-16-7-9-18-28-26(16)33-24(14)22(12)31-21(11)23(13)32-25(15)27(17)34-30(20)36(29(18)42)35(28)41-39(33)37(31)38(32)40(34)41/h2-9,19,42H. The van der Waals surface area contributed by atoms with Crippen LogP contribution < -0.4 is 0 Å². The molecule has 2 nitrogen and oxygen atoms in total. The van der Waals surface area contributed by atoms with Crippen LogP contribution in [0.25, 0.3) is 156 Å². The van der Waals surface area contributed by atoms with Crippen molar-refractivity contribution in [1.82, 2.24) is 0 Å². The smallest absolute Gasteiger partial charge is 0.269 e. The van der Waals surface area contributed by atoms with E-state index in [2.05, 4.69) is 59.4 Å². The maximum absolute atomic E-state index is 10.9. The lowest BCUT2D eigenvalue weighted by Crippen LogP contribution is -2.10. The molecule has 2 unspecified atom stereocenters. The first kappa shape index (κ1) is 18.6. The van der Waals surface area contributed by atoms with Crippen molar-refractivity contribution in [2.24, 2.45) is 0 Å². The maximum Gasteiger partial charge on any atom is 0.269 e. The normalized spacial score (nSPS) is 18.9. The number of benzene rings is 9. The first-order valence-corrected chi connectivity index (χ1v) is 15.5. The Balaban J connectivity index is 1.52. The van der Waals surface area contributed by atoms with Crippen LogP contribution in [-0.2, 0) is 0 Å². The second-order valence-electron chi connectivity index (χ2n) is 14.2. The van der Waals surface area contributed by atoms with Crippen LogP contribution in [0.5, 0.6) is 0 Å². The minimum atomic E-state index is -0.510. The summed E-state index contributed by atoms with van der Waals surface area (Å²) in [6.07, 6.45) is 0. The SMILES string of the molecule is [C-]#[N+]C1c2c3ccc4c5ccc6c7ccc8c9ccc%10c(c%11c2c2c3c4c3c5c6c4c7c8c5c9c%10c%11c6c2c3c4c56)C1C#N. The molecule has 0 fully saturated rings. The highest BCUT2D eigenvalue weighted by Gasteiger charge is 2.46. The predicted molar refractivity (Wildman–Crippen MR) is 183 cm³/mol. The molecule has 0 radical (unpaired) electrons. The van der Waals surface area contributed by atoms with Crippen molar-refractivity contribution in [2.45, 2.75) is 12.0 Å².